The molecule has 1 aliphatic rings. The number of benzene rings is 1. The second-order valence-corrected chi connectivity index (χ2v) is 8.09. The average molecular weight is 378 g/mol. The first kappa shape index (κ1) is 20.8. The van der Waals surface area contributed by atoms with Crippen molar-refractivity contribution in [2.24, 2.45) is 0 Å². The zero-order chi connectivity index (χ0) is 19.1. The third-order valence-corrected chi connectivity index (χ3v) is 5.96. The molecular weight excluding hydrogens is 349 g/mol. The molecule has 0 aromatic heterocycles. The Morgan fingerprint density at radius 2 is 2.12 bits per heavy atom. The fourth-order valence-corrected chi connectivity index (χ4v) is 4.46. The van der Waals surface area contributed by atoms with Gasteiger partial charge in [-0.2, -0.15) is 0 Å². The molecule has 1 aliphatic heterocycles. The Hall–Kier alpha value is -1.46. The molecule has 2 unspecified atom stereocenters. The minimum Gasteiger partial charge on any atom is -0.298 e. The number of hydrogen-bond donors (Lipinski definition) is 0. The number of allylic oxidation sites excluding steroid dienone is 1. The lowest BCUT2D eigenvalue weighted by atomic mass is 9.93. The molecule has 1 heterocycles. The Kier molecular flexibility index (Phi) is 8.04. The Labute approximate surface area is 160 Å². The SMILES string of the molecule is C/C=C1/CN(C(C(=O)CCCC)c2ccccc2F)CCC1SC(C)=O. The molecule has 1 aromatic rings. The molecule has 0 N–H and O–H groups in total. The first-order valence-electron chi connectivity index (χ1n) is 9.31. The maximum absolute atomic E-state index is 14.5. The highest BCUT2D eigenvalue weighted by atomic mass is 32.2. The van der Waals surface area contributed by atoms with E-state index in [0.717, 1.165) is 24.8 Å². The number of nitrogens with zero attached hydrogens (tertiary/aromatic N) is 1. The van der Waals surface area contributed by atoms with Gasteiger partial charge in [-0.15, -0.1) is 0 Å². The van der Waals surface area contributed by atoms with Gasteiger partial charge in [0.1, 0.15) is 5.82 Å². The lowest BCUT2D eigenvalue weighted by Crippen LogP contribution is -2.42. The van der Waals surface area contributed by atoms with Crippen molar-refractivity contribution in [1.82, 2.24) is 4.90 Å². The van der Waals surface area contributed by atoms with Crippen molar-refractivity contribution in [3.63, 3.8) is 0 Å². The Morgan fingerprint density at radius 1 is 1.38 bits per heavy atom. The van der Waals surface area contributed by atoms with Gasteiger partial charge in [-0.3, -0.25) is 14.5 Å². The molecule has 1 saturated heterocycles. The van der Waals surface area contributed by atoms with Crippen LogP contribution in [0.3, 0.4) is 0 Å². The highest BCUT2D eigenvalue weighted by Gasteiger charge is 2.34. The van der Waals surface area contributed by atoms with Crippen LogP contribution in [-0.4, -0.2) is 34.1 Å². The summed E-state index contributed by atoms with van der Waals surface area (Å²) in [4.78, 5) is 26.5. The van der Waals surface area contributed by atoms with Crippen molar-refractivity contribution >= 4 is 22.7 Å². The van der Waals surface area contributed by atoms with Crippen LogP contribution in [0.5, 0.6) is 0 Å². The van der Waals surface area contributed by atoms with E-state index in [9.17, 15) is 14.0 Å². The minimum atomic E-state index is -0.555. The quantitative estimate of drug-likeness (QED) is 0.632. The maximum Gasteiger partial charge on any atom is 0.186 e. The molecule has 2 atom stereocenters. The van der Waals surface area contributed by atoms with E-state index >= 15 is 0 Å². The highest BCUT2D eigenvalue weighted by molar-refractivity contribution is 8.14. The summed E-state index contributed by atoms with van der Waals surface area (Å²) in [6.45, 7) is 6.87. The number of likely N-dealkylation sites (tertiary alicyclic amines) is 1. The molecule has 142 valence electrons. The number of unbranched alkanes of at least 4 members (excludes halogenated alkanes) is 1. The lowest BCUT2D eigenvalue weighted by molar-refractivity contribution is -0.125. The van der Waals surface area contributed by atoms with Crippen LogP contribution in [0, 0.1) is 5.82 Å². The van der Waals surface area contributed by atoms with Crippen LogP contribution in [0.4, 0.5) is 4.39 Å². The van der Waals surface area contributed by atoms with E-state index in [4.69, 9.17) is 0 Å². The predicted molar refractivity (Wildman–Crippen MR) is 106 cm³/mol. The molecule has 0 saturated carbocycles. The van der Waals surface area contributed by atoms with E-state index in [1.165, 1.54) is 17.8 Å². The third-order valence-electron chi connectivity index (χ3n) is 4.80. The first-order chi connectivity index (χ1) is 12.5. The molecule has 0 aliphatic carbocycles. The summed E-state index contributed by atoms with van der Waals surface area (Å²) in [5.74, 6) is -0.255. The predicted octanol–water partition coefficient (Wildman–Crippen LogP) is 4.93. The fraction of sp³-hybridized carbons (Fsp3) is 0.524. The summed E-state index contributed by atoms with van der Waals surface area (Å²) in [7, 11) is 0. The van der Waals surface area contributed by atoms with Gasteiger partial charge in [-0.1, -0.05) is 49.4 Å². The molecular formula is C21H28FNO2S. The molecule has 0 amide bonds. The number of hydrogen-bond acceptors (Lipinski definition) is 4. The smallest absolute Gasteiger partial charge is 0.186 e. The Morgan fingerprint density at radius 3 is 2.73 bits per heavy atom. The summed E-state index contributed by atoms with van der Waals surface area (Å²) in [5.41, 5.74) is 1.60. The number of thioether (sulfide) groups is 1. The van der Waals surface area contributed by atoms with E-state index in [0.29, 0.717) is 25.1 Å². The van der Waals surface area contributed by atoms with Crippen molar-refractivity contribution in [1.29, 1.82) is 0 Å². The zero-order valence-corrected chi connectivity index (χ0v) is 16.7. The number of ketones is 1. The van der Waals surface area contributed by atoms with Gasteiger partial charge in [-0.25, -0.2) is 4.39 Å². The van der Waals surface area contributed by atoms with Gasteiger partial charge in [0.2, 0.25) is 0 Å². The number of halogens is 1. The van der Waals surface area contributed by atoms with E-state index in [1.807, 2.05) is 19.9 Å². The number of piperidine rings is 1. The van der Waals surface area contributed by atoms with Gasteiger partial charge in [-0.05, 0) is 31.4 Å². The van der Waals surface area contributed by atoms with Crippen molar-refractivity contribution in [2.45, 2.75) is 57.7 Å². The average Bonchev–Trinajstić information content (AvgIpc) is 2.62. The van der Waals surface area contributed by atoms with Crippen LogP contribution in [0.15, 0.2) is 35.9 Å². The van der Waals surface area contributed by atoms with Crippen molar-refractivity contribution in [3.8, 4) is 0 Å². The molecule has 1 aromatic carbocycles. The number of Topliss-reactive ketones (excluding diaryl/α,β-unsaturated/α-hetero) is 1. The summed E-state index contributed by atoms with van der Waals surface area (Å²) in [5, 5.41) is 0.258. The Balaban J connectivity index is 2.27. The number of carbonyl (C=O) groups excluding carboxylic acids is 2. The largest absolute Gasteiger partial charge is 0.298 e. The van der Waals surface area contributed by atoms with Gasteiger partial charge in [0.05, 0.1) is 6.04 Å². The second-order valence-electron chi connectivity index (χ2n) is 6.71. The standard InChI is InChI=1S/C21H28FNO2S/c1-4-6-11-19(25)21(17-9-7-8-10-18(17)22)23-13-12-20(26-15(3)24)16(5-2)14-23/h5,7-10,20-21H,4,6,11-14H2,1-3H3/b16-5-. The fourth-order valence-electron chi connectivity index (χ4n) is 3.47. The van der Waals surface area contributed by atoms with Gasteiger partial charge >= 0.3 is 0 Å². The summed E-state index contributed by atoms with van der Waals surface area (Å²) in [6.07, 6.45) is 5.03. The second kappa shape index (κ2) is 10.0. The summed E-state index contributed by atoms with van der Waals surface area (Å²) < 4.78 is 14.5. The first-order valence-corrected chi connectivity index (χ1v) is 10.2. The molecule has 2 rings (SSSR count). The van der Waals surface area contributed by atoms with E-state index in [-0.39, 0.29) is 22.0 Å². The molecule has 0 spiro atoms. The van der Waals surface area contributed by atoms with E-state index < -0.39 is 6.04 Å². The third kappa shape index (κ3) is 5.27. The van der Waals surface area contributed by atoms with Crippen LogP contribution in [-0.2, 0) is 9.59 Å². The lowest BCUT2D eigenvalue weighted by Gasteiger charge is -2.38. The van der Waals surface area contributed by atoms with Gasteiger partial charge < -0.3 is 0 Å². The summed E-state index contributed by atoms with van der Waals surface area (Å²) in [6, 6.07) is 6.02. The maximum atomic E-state index is 14.5. The van der Waals surface area contributed by atoms with Crippen LogP contribution in [0.25, 0.3) is 0 Å². The van der Waals surface area contributed by atoms with Crippen molar-refractivity contribution in [2.75, 3.05) is 13.1 Å². The summed E-state index contributed by atoms with van der Waals surface area (Å²) >= 11 is 1.35. The molecule has 1 fully saturated rings. The van der Waals surface area contributed by atoms with Gasteiger partial charge in [0.25, 0.3) is 0 Å². The van der Waals surface area contributed by atoms with Gasteiger partial charge in [0, 0.05) is 37.2 Å². The van der Waals surface area contributed by atoms with Crippen molar-refractivity contribution in [3.05, 3.63) is 47.3 Å². The normalized spacial score (nSPS) is 20.9. The molecule has 26 heavy (non-hydrogen) atoms. The van der Waals surface area contributed by atoms with Gasteiger partial charge in [0.15, 0.2) is 10.9 Å². The van der Waals surface area contributed by atoms with Crippen LogP contribution >= 0.6 is 11.8 Å². The molecule has 3 nitrogen and oxygen atoms in total. The minimum absolute atomic E-state index is 0.0741. The van der Waals surface area contributed by atoms with Crippen LogP contribution < -0.4 is 0 Å². The molecule has 0 radical (unpaired) electrons. The van der Waals surface area contributed by atoms with Crippen LogP contribution in [0.2, 0.25) is 0 Å². The number of carbonyl (C=O) groups is 2. The van der Waals surface area contributed by atoms with E-state index in [1.54, 1.807) is 25.1 Å². The van der Waals surface area contributed by atoms with Crippen LogP contribution in [0.1, 0.15) is 58.1 Å². The molecule has 0 bridgehead atoms. The monoisotopic (exact) mass is 377 g/mol. The van der Waals surface area contributed by atoms with E-state index in [2.05, 4.69) is 4.90 Å². The zero-order valence-electron chi connectivity index (χ0n) is 15.8. The Bertz CT molecular complexity index is 674. The molecule has 5 heteroatoms. The topological polar surface area (TPSA) is 37.4 Å². The number of rotatable bonds is 7. The van der Waals surface area contributed by atoms with Crippen molar-refractivity contribution < 1.29 is 14.0 Å². The highest BCUT2D eigenvalue weighted by Crippen LogP contribution is 2.34.